The zero-order chi connectivity index (χ0) is 21.7. The highest BCUT2D eigenvalue weighted by atomic mass is 32.2. The second-order valence-electron chi connectivity index (χ2n) is 8.73. The molecule has 1 saturated carbocycles. The number of fused-ring (bicyclic) bond motifs is 3. The predicted molar refractivity (Wildman–Crippen MR) is 132 cm³/mol. The lowest BCUT2D eigenvalue weighted by atomic mass is 9.97. The molecule has 0 aromatic carbocycles. The Labute approximate surface area is 198 Å². The van der Waals surface area contributed by atoms with E-state index in [-0.39, 0.29) is 11.6 Å². The molecule has 6 rings (SSSR count). The Hall–Kier alpha value is -1.97. The van der Waals surface area contributed by atoms with Gasteiger partial charge in [0.2, 0.25) is 0 Å². The zero-order valence-corrected chi connectivity index (χ0v) is 20.5. The Balaban J connectivity index is 1.35. The largest absolute Gasteiger partial charge is 0.284 e. The number of hydrogen-bond acceptors (Lipinski definition) is 7. The lowest BCUT2D eigenvalue weighted by Gasteiger charge is -2.18. The Morgan fingerprint density at radius 1 is 1.16 bits per heavy atom. The molecule has 0 radical (unpaired) electrons. The number of aromatic nitrogens is 5. The standard InChI is InChI=1S/C23H25N5OS3/c1-27-11-14(10-24-27)20-25-15(12-30-20)13-31-23-26-21-19(17-8-4-5-9-18(17)32-21)22(29)28(23)16-6-2-3-7-16/h10-12,16H,2-9,13H2,1H3. The molecule has 9 heteroatoms. The fourth-order valence-electron chi connectivity index (χ4n) is 4.96. The highest BCUT2D eigenvalue weighted by Crippen LogP contribution is 2.38. The highest BCUT2D eigenvalue weighted by molar-refractivity contribution is 7.98. The van der Waals surface area contributed by atoms with Crippen molar-refractivity contribution in [2.75, 3.05) is 0 Å². The van der Waals surface area contributed by atoms with Crippen molar-refractivity contribution in [2.45, 2.75) is 68.3 Å². The third-order valence-corrected chi connectivity index (χ3v) is 9.64. The van der Waals surface area contributed by atoms with Gasteiger partial charge < -0.3 is 0 Å². The summed E-state index contributed by atoms with van der Waals surface area (Å²) in [5, 5.41) is 9.11. The number of aryl methyl sites for hydroxylation is 3. The van der Waals surface area contributed by atoms with Gasteiger partial charge in [-0.25, -0.2) is 9.97 Å². The van der Waals surface area contributed by atoms with E-state index in [1.54, 1.807) is 39.1 Å². The van der Waals surface area contributed by atoms with Crippen LogP contribution in [0.1, 0.15) is 60.7 Å². The second kappa shape index (κ2) is 8.43. The van der Waals surface area contributed by atoms with E-state index in [1.165, 1.54) is 36.1 Å². The molecule has 0 atom stereocenters. The number of thiophene rings is 1. The average molecular weight is 484 g/mol. The van der Waals surface area contributed by atoms with Crippen molar-refractivity contribution >= 4 is 44.7 Å². The van der Waals surface area contributed by atoms with Crippen LogP contribution in [0, 0.1) is 0 Å². The van der Waals surface area contributed by atoms with Crippen molar-refractivity contribution in [3.05, 3.63) is 44.3 Å². The van der Waals surface area contributed by atoms with E-state index in [0.717, 1.165) is 57.3 Å². The van der Waals surface area contributed by atoms with Gasteiger partial charge in [-0.3, -0.25) is 14.0 Å². The first kappa shape index (κ1) is 20.6. The summed E-state index contributed by atoms with van der Waals surface area (Å²) < 4.78 is 3.83. The SMILES string of the molecule is Cn1cc(-c2nc(CSc3nc4sc5c(c4c(=O)n3C3CCCC3)CCCC5)cs2)cn1. The van der Waals surface area contributed by atoms with Gasteiger partial charge in [-0.2, -0.15) is 5.10 Å². The van der Waals surface area contributed by atoms with E-state index >= 15 is 0 Å². The zero-order valence-electron chi connectivity index (χ0n) is 18.0. The summed E-state index contributed by atoms with van der Waals surface area (Å²) in [4.78, 5) is 26.0. The third kappa shape index (κ3) is 3.64. The molecule has 6 nitrogen and oxygen atoms in total. The first-order valence-corrected chi connectivity index (χ1v) is 14.0. The molecule has 4 aromatic rings. The van der Waals surface area contributed by atoms with Gasteiger partial charge in [0.15, 0.2) is 5.16 Å². The van der Waals surface area contributed by atoms with E-state index in [1.807, 2.05) is 24.0 Å². The summed E-state index contributed by atoms with van der Waals surface area (Å²) in [5.41, 5.74) is 3.55. The number of rotatable bonds is 5. The van der Waals surface area contributed by atoms with Gasteiger partial charge in [0.1, 0.15) is 9.84 Å². The topological polar surface area (TPSA) is 65.6 Å². The third-order valence-electron chi connectivity index (χ3n) is 6.53. The van der Waals surface area contributed by atoms with Crippen LogP contribution < -0.4 is 5.56 Å². The second-order valence-corrected chi connectivity index (χ2v) is 11.6. The average Bonchev–Trinajstić information content (AvgIpc) is 3.57. The van der Waals surface area contributed by atoms with Gasteiger partial charge in [0, 0.05) is 40.9 Å². The van der Waals surface area contributed by atoms with Crippen molar-refractivity contribution in [3.8, 4) is 10.6 Å². The number of thioether (sulfide) groups is 1. The normalized spacial score (nSPS) is 16.8. The first-order valence-electron chi connectivity index (χ1n) is 11.3. The van der Waals surface area contributed by atoms with Crippen molar-refractivity contribution in [2.24, 2.45) is 7.05 Å². The quantitative estimate of drug-likeness (QED) is 0.273. The summed E-state index contributed by atoms with van der Waals surface area (Å²) in [7, 11) is 1.92. The van der Waals surface area contributed by atoms with Crippen LogP contribution in [-0.2, 0) is 25.6 Å². The van der Waals surface area contributed by atoms with E-state index < -0.39 is 0 Å². The van der Waals surface area contributed by atoms with Gasteiger partial charge in [-0.1, -0.05) is 24.6 Å². The van der Waals surface area contributed by atoms with Gasteiger partial charge >= 0.3 is 0 Å². The molecule has 0 aliphatic heterocycles. The molecule has 0 unspecified atom stereocenters. The van der Waals surface area contributed by atoms with Gasteiger partial charge in [0.05, 0.1) is 17.3 Å². The van der Waals surface area contributed by atoms with Crippen LogP contribution in [0.3, 0.4) is 0 Å². The Bertz CT molecular complexity index is 1340. The number of thiazole rings is 1. The van der Waals surface area contributed by atoms with Crippen molar-refractivity contribution in [1.29, 1.82) is 0 Å². The molecule has 166 valence electrons. The molecule has 4 heterocycles. The van der Waals surface area contributed by atoms with E-state index in [9.17, 15) is 4.79 Å². The summed E-state index contributed by atoms with van der Waals surface area (Å²) in [6, 6.07) is 0.280. The lowest BCUT2D eigenvalue weighted by molar-refractivity contribution is 0.457. The Kier molecular flexibility index (Phi) is 5.43. The summed E-state index contributed by atoms with van der Waals surface area (Å²) in [6.07, 6.45) is 12.9. The molecular weight excluding hydrogens is 458 g/mol. The Morgan fingerprint density at radius 3 is 2.81 bits per heavy atom. The highest BCUT2D eigenvalue weighted by Gasteiger charge is 2.27. The molecule has 4 aromatic heterocycles. The van der Waals surface area contributed by atoms with Crippen LogP contribution >= 0.6 is 34.4 Å². The predicted octanol–water partition coefficient (Wildman–Crippen LogP) is 5.60. The fourth-order valence-corrected chi connectivity index (χ4v) is 8.12. The van der Waals surface area contributed by atoms with Crippen LogP contribution in [0.4, 0.5) is 0 Å². The molecular formula is C23H25N5OS3. The molecule has 0 N–H and O–H groups in total. The maximum atomic E-state index is 13.8. The monoisotopic (exact) mass is 483 g/mol. The van der Waals surface area contributed by atoms with Crippen LogP contribution in [0.2, 0.25) is 0 Å². The van der Waals surface area contributed by atoms with Crippen molar-refractivity contribution < 1.29 is 0 Å². The van der Waals surface area contributed by atoms with E-state index in [0.29, 0.717) is 5.75 Å². The minimum atomic E-state index is 0.193. The van der Waals surface area contributed by atoms with E-state index in [2.05, 4.69) is 10.5 Å². The van der Waals surface area contributed by atoms with Crippen molar-refractivity contribution in [1.82, 2.24) is 24.3 Å². The van der Waals surface area contributed by atoms with E-state index in [4.69, 9.17) is 9.97 Å². The molecule has 1 fully saturated rings. The maximum absolute atomic E-state index is 13.8. The number of hydrogen-bond donors (Lipinski definition) is 0. The van der Waals surface area contributed by atoms with Crippen molar-refractivity contribution in [3.63, 3.8) is 0 Å². The molecule has 2 aliphatic carbocycles. The van der Waals surface area contributed by atoms with Gasteiger partial charge in [-0.05, 0) is 44.1 Å². The minimum Gasteiger partial charge on any atom is -0.284 e. The number of nitrogens with zero attached hydrogens (tertiary/aromatic N) is 5. The molecule has 0 bridgehead atoms. The molecule has 0 spiro atoms. The van der Waals surface area contributed by atoms with Gasteiger partial charge in [-0.15, -0.1) is 22.7 Å². The maximum Gasteiger partial charge on any atom is 0.263 e. The van der Waals surface area contributed by atoms with Crippen LogP contribution in [-0.4, -0.2) is 24.3 Å². The molecule has 32 heavy (non-hydrogen) atoms. The van der Waals surface area contributed by atoms with Crippen LogP contribution in [0.15, 0.2) is 27.7 Å². The smallest absolute Gasteiger partial charge is 0.263 e. The lowest BCUT2D eigenvalue weighted by Crippen LogP contribution is -2.26. The first-order chi connectivity index (χ1) is 15.7. The van der Waals surface area contributed by atoms with Crippen LogP contribution in [0.5, 0.6) is 0 Å². The molecule has 0 amide bonds. The van der Waals surface area contributed by atoms with Crippen LogP contribution in [0.25, 0.3) is 20.8 Å². The molecule has 2 aliphatic rings. The summed E-state index contributed by atoms with van der Waals surface area (Å²) in [5.74, 6) is 0.715. The minimum absolute atomic E-state index is 0.193. The molecule has 0 saturated heterocycles. The fraction of sp³-hybridized carbons (Fsp3) is 0.478. The Morgan fingerprint density at radius 2 is 2.00 bits per heavy atom. The summed E-state index contributed by atoms with van der Waals surface area (Å²) in [6.45, 7) is 0. The summed E-state index contributed by atoms with van der Waals surface area (Å²) >= 11 is 5.04. The van der Waals surface area contributed by atoms with Gasteiger partial charge in [0.25, 0.3) is 5.56 Å².